The first-order valence-electron chi connectivity index (χ1n) is 7.52. The standard InChI is InChI=1S/C17H22N4O/c1-5-21(6-2)16(22)14-7-9-15(10-8-14)20-17-18-12(3)11-13(4)19-17/h7-11H,5-6H2,1-4H3,(H,18,19,20). The van der Waals surface area contributed by atoms with Gasteiger partial charge in [-0.25, -0.2) is 9.97 Å². The van der Waals surface area contributed by atoms with Gasteiger partial charge in [0.2, 0.25) is 5.95 Å². The van der Waals surface area contributed by atoms with Crippen molar-refractivity contribution in [2.75, 3.05) is 18.4 Å². The summed E-state index contributed by atoms with van der Waals surface area (Å²) in [5, 5.41) is 3.16. The Morgan fingerprint density at radius 1 is 1.05 bits per heavy atom. The average molecular weight is 298 g/mol. The number of aryl methyl sites for hydroxylation is 2. The lowest BCUT2D eigenvalue weighted by atomic mass is 10.2. The summed E-state index contributed by atoms with van der Waals surface area (Å²) in [7, 11) is 0. The van der Waals surface area contributed by atoms with Crippen molar-refractivity contribution < 1.29 is 4.79 Å². The molecule has 0 bridgehead atoms. The van der Waals surface area contributed by atoms with E-state index in [-0.39, 0.29) is 5.91 Å². The number of anilines is 2. The fourth-order valence-corrected chi connectivity index (χ4v) is 2.30. The highest BCUT2D eigenvalue weighted by Crippen LogP contribution is 2.16. The van der Waals surface area contributed by atoms with Crippen molar-refractivity contribution in [1.82, 2.24) is 14.9 Å². The van der Waals surface area contributed by atoms with Crippen molar-refractivity contribution in [2.24, 2.45) is 0 Å². The van der Waals surface area contributed by atoms with Crippen molar-refractivity contribution in [2.45, 2.75) is 27.7 Å². The summed E-state index contributed by atoms with van der Waals surface area (Å²) in [6.07, 6.45) is 0. The Balaban J connectivity index is 2.13. The number of nitrogens with one attached hydrogen (secondary N) is 1. The van der Waals surface area contributed by atoms with Gasteiger partial charge in [0.05, 0.1) is 0 Å². The predicted octanol–water partition coefficient (Wildman–Crippen LogP) is 3.32. The highest BCUT2D eigenvalue weighted by Gasteiger charge is 2.12. The molecule has 1 aromatic carbocycles. The molecule has 1 amide bonds. The quantitative estimate of drug-likeness (QED) is 0.920. The maximum absolute atomic E-state index is 12.2. The van der Waals surface area contributed by atoms with Gasteiger partial charge in [-0.1, -0.05) is 0 Å². The minimum atomic E-state index is 0.0548. The number of aromatic nitrogens is 2. The van der Waals surface area contributed by atoms with Crippen LogP contribution >= 0.6 is 0 Å². The number of carbonyl (C=O) groups is 1. The normalized spacial score (nSPS) is 10.4. The highest BCUT2D eigenvalue weighted by molar-refractivity contribution is 5.94. The van der Waals surface area contributed by atoms with Crippen LogP contribution in [0.4, 0.5) is 11.6 Å². The number of hydrogen-bond acceptors (Lipinski definition) is 4. The van der Waals surface area contributed by atoms with E-state index >= 15 is 0 Å². The molecule has 0 aliphatic carbocycles. The fourth-order valence-electron chi connectivity index (χ4n) is 2.30. The van der Waals surface area contributed by atoms with Crippen LogP contribution in [0.1, 0.15) is 35.6 Å². The first-order valence-corrected chi connectivity index (χ1v) is 7.52. The zero-order chi connectivity index (χ0) is 16.1. The van der Waals surface area contributed by atoms with Crippen LogP contribution in [0.15, 0.2) is 30.3 Å². The summed E-state index contributed by atoms with van der Waals surface area (Å²) in [6.45, 7) is 9.26. The number of benzene rings is 1. The monoisotopic (exact) mass is 298 g/mol. The van der Waals surface area contributed by atoms with Gasteiger partial charge in [0, 0.05) is 35.7 Å². The van der Waals surface area contributed by atoms with E-state index in [1.807, 2.05) is 58.0 Å². The Morgan fingerprint density at radius 3 is 2.09 bits per heavy atom. The van der Waals surface area contributed by atoms with Gasteiger partial charge in [0.25, 0.3) is 5.91 Å². The zero-order valence-electron chi connectivity index (χ0n) is 13.6. The van der Waals surface area contributed by atoms with Crippen LogP contribution < -0.4 is 5.32 Å². The second-order valence-electron chi connectivity index (χ2n) is 5.15. The molecule has 1 heterocycles. The molecule has 0 fully saturated rings. The SMILES string of the molecule is CCN(CC)C(=O)c1ccc(Nc2nc(C)cc(C)n2)cc1. The molecule has 2 rings (SSSR count). The molecule has 0 aliphatic rings. The Kier molecular flexibility index (Phi) is 5.09. The van der Waals surface area contributed by atoms with Gasteiger partial charge >= 0.3 is 0 Å². The summed E-state index contributed by atoms with van der Waals surface area (Å²) in [6, 6.07) is 9.32. The van der Waals surface area contributed by atoms with E-state index in [0.29, 0.717) is 24.6 Å². The van der Waals surface area contributed by atoms with Crippen molar-refractivity contribution in [3.63, 3.8) is 0 Å². The molecule has 0 radical (unpaired) electrons. The lowest BCUT2D eigenvalue weighted by Gasteiger charge is -2.18. The van der Waals surface area contributed by atoms with Gasteiger partial charge in [-0.3, -0.25) is 4.79 Å². The van der Waals surface area contributed by atoms with Crippen molar-refractivity contribution >= 4 is 17.5 Å². The van der Waals surface area contributed by atoms with E-state index in [0.717, 1.165) is 17.1 Å². The molecule has 22 heavy (non-hydrogen) atoms. The summed E-state index contributed by atoms with van der Waals surface area (Å²) >= 11 is 0. The molecule has 2 aromatic rings. The number of rotatable bonds is 5. The largest absolute Gasteiger partial charge is 0.339 e. The minimum Gasteiger partial charge on any atom is -0.339 e. The first kappa shape index (κ1) is 15.9. The number of hydrogen-bond donors (Lipinski definition) is 1. The molecule has 0 saturated carbocycles. The molecular formula is C17H22N4O. The molecular weight excluding hydrogens is 276 g/mol. The van der Waals surface area contributed by atoms with Crippen molar-refractivity contribution in [3.05, 3.63) is 47.3 Å². The Bertz CT molecular complexity index is 628. The molecule has 116 valence electrons. The number of carbonyl (C=O) groups excluding carboxylic acids is 1. The molecule has 0 atom stereocenters. The second kappa shape index (κ2) is 7.02. The van der Waals surface area contributed by atoms with E-state index in [2.05, 4.69) is 15.3 Å². The fraction of sp³-hybridized carbons (Fsp3) is 0.353. The van der Waals surface area contributed by atoms with Crippen LogP contribution in [-0.4, -0.2) is 33.9 Å². The number of amides is 1. The summed E-state index contributed by atoms with van der Waals surface area (Å²) in [5.74, 6) is 0.625. The Labute approximate surface area is 131 Å². The zero-order valence-corrected chi connectivity index (χ0v) is 13.6. The van der Waals surface area contributed by atoms with Crippen LogP contribution in [0.3, 0.4) is 0 Å². The lowest BCUT2D eigenvalue weighted by Crippen LogP contribution is -2.30. The smallest absolute Gasteiger partial charge is 0.253 e. The third-order valence-corrected chi connectivity index (χ3v) is 3.42. The molecule has 1 aromatic heterocycles. The molecule has 1 N–H and O–H groups in total. The van der Waals surface area contributed by atoms with Gasteiger partial charge in [-0.05, 0) is 58.0 Å². The second-order valence-corrected chi connectivity index (χ2v) is 5.15. The molecule has 0 unspecified atom stereocenters. The predicted molar refractivity (Wildman–Crippen MR) is 88.5 cm³/mol. The van der Waals surface area contributed by atoms with Crippen molar-refractivity contribution in [1.29, 1.82) is 0 Å². The average Bonchev–Trinajstić information content (AvgIpc) is 2.48. The van der Waals surface area contributed by atoms with E-state index in [9.17, 15) is 4.79 Å². The Morgan fingerprint density at radius 2 is 1.59 bits per heavy atom. The van der Waals surface area contributed by atoms with Crippen molar-refractivity contribution in [3.8, 4) is 0 Å². The first-order chi connectivity index (χ1) is 10.5. The highest BCUT2D eigenvalue weighted by atomic mass is 16.2. The summed E-state index contributed by atoms with van der Waals surface area (Å²) < 4.78 is 0. The molecule has 5 nitrogen and oxygen atoms in total. The summed E-state index contributed by atoms with van der Waals surface area (Å²) in [5.41, 5.74) is 3.39. The van der Waals surface area contributed by atoms with Crippen LogP contribution in [0, 0.1) is 13.8 Å². The molecule has 0 saturated heterocycles. The van der Waals surface area contributed by atoms with Gasteiger partial charge in [-0.15, -0.1) is 0 Å². The van der Waals surface area contributed by atoms with Crippen LogP contribution in [0.2, 0.25) is 0 Å². The van der Waals surface area contributed by atoms with Gasteiger partial charge in [-0.2, -0.15) is 0 Å². The lowest BCUT2D eigenvalue weighted by molar-refractivity contribution is 0.0773. The van der Waals surface area contributed by atoms with E-state index in [1.54, 1.807) is 4.90 Å². The minimum absolute atomic E-state index is 0.0548. The van der Waals surface area contributed by atoms with E-state index in [4.69, 9.17) is 0 Å². The maximum atomic E-state index is 12.2. The molecule has 0 spiro atoms. The molecule has 0 aliphatic heterocycles. The van der Waals surface area contributed by atoms with Gasteiger partial charge in [0.15, 0.2) is 0 Å². The number of nitrogens with zero attached hydrogens (tertiary/aromatic N) is 3. The summed E-state index contributed by atoms with van der Waals surface area (Å²) in [4.78, 5) is 22.7. The topological polar surface area (TPSA) is 58.1 Å². The van der Waals surface area contributed by atoms with Gasteiger partial charge < -0.3 is 10.2 Å². The maximum Gasteiger partial charge on any atom is 0.253 e. The van der Waals surface area contributed by atoms with Crippen LogP contribution in [0.25, 0.3) is 0 Å². The van der Waals surface area contributed by atoms with E-state index in [1.165, 1.54) is 0 Å². The third-order valence-electron chi connectivity index (χ3n) is 3.42. The Hall–Kier alpha value is -2.43. The van der Waals surface area contributed by atoms with Crippen LogP contribution in [-0.2, 0) is 0 Å². The van der Waals surface area contributed by atoms with Gasteiger partial charge in [0.1, 0.15) is 0 Å². The molecule has 5 heteroatoms. The van der Waals surface area contributed by atoms with E-state index < -0.39 is 0 Å². The third kappa shape index (κ3) is 3.81. The van der Waals surface area contributed by atoms with Crippen LogP contribution in [0.5, 0.6) is 0 Å².